The Labute approximate surface area is 124 Å². The van der Waals surface area contributed by atoms with Crippen LogP contribution in [0.1, 0.15) is 30.1 Å². The smallest absolute Gasteiger partial charge is 0.330 e. The average molecular weight is 295 g/mol. The van der Waals surface area contributed by atoms with Gasteiger partial charge in [-0.2, -0.15) is 0 Å². The van der Waals surface area contributed by atoms with Crippen molar-refractivity contribution in [2.45, 2.75) is 25.8 Å². The molecular weight excluding hydrogens is 274 g/mol. The predicted molar refractivity (Wildman–Crippen MR) is 77.2 cm³/mol. The summed E-state index contributed by atoms with van der Waals surface area (Å²) in [5.74, 6) is -0.461. The van der Waals surface area contributed by atoms with Crippen molar-refractivity contribution < 1.29 is 24.2 Å². The van der Waals surface area contributed by atoms with Gasteiger partial charge in [0.05, 0.1) is 20.3 Å². The zero-order valence-electron chi connectivity index (χ0n) is 12.3. The number of methoxy groups -OCH3 is 1. The molecule has 116 valence electrons. The third-order valence-corrected chi connectivity index (χ3v) is 2.86. The van der Waals surface area contributed by atoms with Gasteiger partial charge in [-0.3, -0.25) is 4.79 Å². The summed E-state index contributed by atoms with van der Waals surface area (Å²) in [6.45, 7) is 2.20. The molecule has 0 spiro atoms. The van der Waals surface area contributed by atoms with Gasteiger partial charge in [-0.25, -0.2) is 4.79 Å². The van der Waals surface area contributed by atoms with Crippen LogP contribution >= 0.6 is 0 Å². The van der Waals surface area contributed by atoms with Gasteiger partial charge in [-0.05, 0) is 30.7 Å². The lowest BCUT2D eigenvalue weighted by molar-refractivity contribution is -0.143. The predicted octanol–water partition coefficient (Wildman–Crippen LogP) is 1.13. The molecule has 1 atom stereocenters. The second-order valence-electron chi connectivity index (χ2n) is 4.46. The quantitative estimate of drug-likeness (QED) is 0.555. The lowest BCUT2D eigenvalue weighted by Crippen LogP contribution is -2.44. The number of aliphatic hydroxyl groups is 1. The topological polar surface area (TPSA) is 84.9 Å². The molecule has 0 aliphatic carbocycles. The summed E-state index contributed by atoms with van der Waals surface area (Å²) < 4.78 is 9.97. The molecule has 1 aromatic carbocycles. The molecule has 0 aromatic heterocycles. The number of unbranched alkanes of at least 4 members (excludes halogenated alkanes) is 1. The van der Waals surface area contributed by atoms with Crippen molar-refractivity contribution in [3.63, 3.8) is 0 Å². The lowest BCUT2D eigenvalue weighted by atomic mass is 10.2. The normalized spacial score (nSPS) is 11.6. The van der Waals surface area contributed by atoms with Gasteiger partial charge in [0, 0.05) is 5.56 Å². The number of benzene rings is 1. The number of hydrogen-bond acceptors (Lipinski definition) is 5. The molecule has 0 saturated carbocycles. The van der Waals surface area contributed by atoms with Crippen molar-refractivity contribution in [1.29, 1.82) is 0 Å². The van der Waals surface area contributed by atoms with Crippen LogP contribution in [0, 0.1) is 0 Å². The van der Waals surface area contributed by atoms with E-state index >= 15 is 0 Å². The van der Waals surface area contributed by atoms with E-state index in [4.69, 9.17) is 9.84 Å². The van der Waals surface area contributed by atoms with Crippen LogP contribution in [0.4, 0.5) is 0 Å². The van der Waals surface area contributed by atoms with Crippen LogP contribution in [-0.2, 0) is 9.53 Å². The number of aliphatic hydroxyl groups excluding tert-OH is 1. The maximum Gasteiger partial charge on any atom is 0.330 e. The second kappa shape index (κ2) is 8.97. The van der Waals surface area contributed by atoms with Gasteiger partial charge >= 0.3 is 5.97 Å². The molecule has 2 N–H and O–H groups in total. The molecule has 0 aliphatic rings. The van der Waals surface area contributed by atoms with Crippen LogP contribution in [0.2, 0.25) is 0 Å². The molecule has 0 radical (unpaired) electrons. The second-order valence-corrected chi connectivity index (χ2v) is 4.46. The van der Waals surface area contributed by atoms with E-state index < -0.39 is 24.5 Å². The Kier molecular flexibility index (Phi) is 7.25. The minimum atomic E-state index is -1.07. The highest BCUT2D eigenvalue weighted by Crippen LogP contribution is 2.12. The largest absolute Gasteiger partial charge is 0.494 e. The van der Waals surface area contributed by atoms with Gasteiger partial charge in [-0.1, -0.05) is 13.3 Å². The number of rotatable bonds is 8. The molecule has 21 heavy (non-hydrogen) atoms. The standard InChI is InChI=1S/C15H21NO5/c1-3-4-9-21-12-7-5-11(6-8-12)14(18)16-13(10-17)15(19)20-2/h5-8,13,17H,3-4,9-10H2,1-2H3,(H,16,18)/t13-/m0/s1. The summed E-state index contributed by atoms with van der Waals surface area (Å²) in [6.07, 6.45) is 2.02. The van der Waals surface area contributed by atoms with E-state index in [0.717, 1.165) is 12.8 Å². The van der Waals surface area contributed by atoms with Crippen LogP contribution in [0.5, 0.6) is 5.75 Å². The Hall–Kier alpha value is -2.08. The highest BCUT2D eigenvalue weighted by Gasteiger charge is 2.20. The van der Waals surface area contributed by atoms with Crippen LogP contribution in [0.15, 0.2) is 24.3 Å². The summed E-state index contributed by atoms with van der Waals surface area (Å²) in [4.78, 5) is 23.2. The summed E-state index contributed by atoms with van der Waals surface area (Å²) in [6, 6.07) is 5.51. The van der Waals surface area contributed by atoms with Crippen LogP contribution in [0.3, 0.4) is 0 Å². The number of amides is 1. The zero-order valence-corrected chi connectivity index (χ0v) is 12.3. The molecule has 1 rings (SSSR count). The monoisotopic (exact) mass is 295 g/mol. The van der Waals surface area contributed by atoms with Crippen molar-refractivity contribution >= 4 is 11.9 Å². The maximum atomic E-state index is 11.9. The number of carbonyl (C=O) groups is 2. The molecule has 0 saturated heterocycles. The fraction of sp³-hybridized carbons (Fsp3) is 0.467. The first-order valence-electron chi connectivity index (χ1n) is 6.84. The van der Waals surface area contributed by atoms with E-state index in [1.54, 1.807) is 24.3 Å². The lowest BCUT2D eigenvalue weighted by Gasteiger charge is -2.14. The van der Waals surface area contributed by atoms with E-state index in [9.17, 15) is 9.59 Å². The summed E-state index contributed by atoms with van der Waals surface area (Å²) in [5.41, 5.74) is 0.375. The van der Waals surface area contributed by atoms with E-state index in [1.165, 1.54) is 7.11 Å². The summed E-state index contributed by atoms with van der Waals surface area (Å²) in [5, 5.41) is 11.5. The van der Waals surface area contributed by atoms with Crippen LogP contribution in [-0.4, -0.2) is 43.3 Å². The van der Waals surface area contributed by atoms with Crippen molar-refractivity contribution in [2.75, 3.05) is 20.3 Å². The first-order chi connectivity index (χ1) is 10.1. The fourth-order valence-electron chi connectivity index (χ4n) is 1.60. The van der Waals surface area contributed by atoms with Gasteiger partial charge < -0.3 is 19.9 Å². The number of esters is 1. The summed E-state index contributed by atoms with van der Waals surface area (Å²) in [7, 11) is 1.19. The first-order valence-corrected chi connectivity index (χ1v) is 6.84. The number of hydrogen-bond donors (Lipinski definition) is 2. The molecule has 6 heteroatoms. The number of ether oxygens (including phenoxy) is 2. The van der Waals surface area contributed by atoms with E-state index in [2.05, 4.69) is 17.0 Å². The minimum absolute atomic E-state index is 0.375. The zero-order chi connectivity index (χ0) is 15.7. The van der Waals surface area contributed by atoms with Crippen molar-refractivity contribution in [3.05, 3.63) is 29.8 Å². The van der Waals surface area contributed by atoms with Crippen LogP contribution in [0.25, 0.3) is 0 Å². The van der Waals surface area contributed by atoms with Gasteiger partial charge in [0.25, 0.3) is 5.91 Å². The Bertz CT molecular complexity index is 458. The Morgan fingerprint density at radius 1 is 1.29 bits per heavy atom. The maximum absolute atomic E-state index is 11.9. The van der Waals surface area contributed by atoms with E-state index in [1.807, 2.05) is 0 Å². The van der Waals surface area contributed by atoms with E-state index in [-0.39, 0.29) is 0 Å². The fourth-order valence-corrected chi connectivity index (χ4v) is 1.60. The molecular formula is C15H21NO5. The SMILES string of the molecule is CCCCOc1ccc(C(=O)N[C@@H](CO)C(=O)OC)cc1. The molecule has 0 heterocycles. The molecule has 6 nitrogen and oxygen atoms in total. The molecule has 0 bridgehead atoms. The highest BCUT2D eigenvalue weighted by atomic mass is 16.5. The molecule has 0 aliphatic heterocycles. The van der Waals surface area contributed by atoms with Gasteiger partial charge in [0.1, 0.15) is 5.75 Å². The van der Waals surface area contributed by atoms with Crippen molar-refractivity contribution in [3.8, 4) is 5.75 Å². The van der Waals surface area contributed by atoms with Gasteiger partial charge in [-0.15, -0.1) is 0 Å². The molecule has 0 fully saturated rings. The molecule has 0 unspecified atom stereocenters. The number of carbonyl (C=O) groups excluding carboxylic acids is 2. The van der Waals surface area contributed by atoms with Gasteiger partial charge in [0.15, 0.2) is 6.04 Å². The van der Waals surface area contributed by atoms with E-state index in [0.29, 0.717) is 17.9 Å². The molecule has 1 aromatic rings. The first kappa shape index (κ1) is 17.0. The summed E-state index contributed by atoms with van der Waals surface area (Å²) >= 11 is 0. The molecule has 1 amide bonds. The van der Waals surface area contributed by atoms with Gasteiger partial charge in [0.2, 0.25) is 0 Å². The Balaban J connectivity index is 2.60. The third kappa shape index (κ3) is 5.43. The van der Waals surface area contributed by atoms with Crippen LogP contribution < -0.4 is 10.1 Å². The van der Waals surface area contributed by atoms with Crippen molar-refractivity contribution in [1.82, 2.24) is 5.32 Å². The highest BCUT2D eigenvalue weighted by molar-refractivity contribution is 5.96. The Morgan fingerprint density at radius 3 is 2.48 bits per heavy atom. The van der Waals surface area contributed by atoms with Crippen molar-refractivity contribution in [2.24, 2.45) is 0 Å². The Morgan fingerprint density at radius 2 is 1.95 bits per heavy atom. The average Bonchev–Trinajstić information content (AvgIpc) is 2.52. The number of nitrogens with one attached hydrogen (secondary N) is 1. The third-order valence-electron chi connectivity index (χ3n) is 2.86. The minimum Gasteiger partial charge on any atom is -0.494 e.